The van der Waals surface area contributed by atoms with Crippen LogP contribution in [-0.4, -0.2) is 0 Å². The van der Waals surface area contributed by atoms with Crippen molar-refractivity contribution in [2.24, 2.45) is 0 Å². The fourth-order valence-electron chi connectivity index (χ4n) is 2.87. The van der Waals surface area contributed by atoms with Crippen LogP contribution >= 0.6 is 9.24 Å². The number of rotatable bonds is 2. The predicted octanol–water partition coefficient (Wildman–Crippen LogP) is 6.76. The van der Waals surface area contributed by atoms with Crippen molar-refractivity contribution in [3.63, 3.8) is 0 Å². The van der Waals surface area contributed by atoms with Gasteiger partial charge in [-0.15, -0.1) is 62.1 Å². The van der Waals surface area contributed by atoms with Crippen molar-refractivity contribution >= 4 is 14.5 Å². The Hall–Kier alpha value is -1.91. The van der Waals surface area contributed by atoms with Crippen LogP contribution in [0, 0.1) is 0 Å². The molecule has 0 aromatic heterocycles. The summed E-state index contributed by atoms with van der Waals surface area (Å²) in [6.07, 6.45) is 0. The molecule has 0 saturated heterocycles. The maximum atomic E-state index is 2.83. The molecule has 0 aliphatic rings. The van der Waals surface area contributed by atoms with Crippen LogP contribution < -0.4 is 5.30 Å². The molecule has 1 atom stereocenters. The minimum absolute atomic E-state index is 0. The second-order valence-electron chi connectivity index (χ2n) is 6.04. The Bertz CT molecular complexity index is 901. The second-order valence-corrected chi connectivity index (χ2v) is 6.66. The van der Waals surface area contributed by atoms with Crippen LogP contribution in [0.25, 0.3) is 22.3 Å². The van der Waals surface area contributed by atoms with Crippen LogP contribution in [-0.2, 0) is 34.1 Å². The van der Waals surface area contributed by atoms with Crippen molar-refractivity contribution in [1.29, 1.82) is 0 Å². The molecule has 1 unspecified atom stereocenters. The molecule has 5 aromatic rings. The van der Waals surface area contributed by atoms with E-state index in [1.807, 2.05) is 60.7 Å². The second kappa shape index (κ2) is 14.1. The van der Waals surface area contributed by atoms with Gasteiger partial charge in [-0.05, 0) is 0 Å². The quantitative estimate of drug-likeness (QED) is 0.149. The van der Waals surface area contributed by atoms with Gasteiger partial charge in [0, 0.05) is 34.1 Å². The summed E-state index contributed by atoms with van der Waals surface area (Å²) >= 11 is 0. The first kappa shape index (κ1) is 25.1. The summed E-state index contributed by atoms with van der Waals surface area (Å²) in [6, 6.07) is 43.4. The zero-order chi connectivity index (χ0) is 18.7. The maximum absolute atomic E-state index is 2.83. The van der Waals surface area contributed by atoms with E-state index < -0.39 is 0 Å². The molecule has 0 aliphatic carbocycles. The van der Waals surface area contributed by atoms with E-state index in [1.54, 1.807) is 0 Å². The normalized spacial score (nSPS) is 9.00. The van der Waals surface area contributed by atoms with Crippen LogP contribution in [0.5, 0.6) is 0 Å². The molecule has 3 heteroatoms. The van der Waals surface area contributed by atoms with Gasteiger partial charge in [0.15, 0.2) is 0 Å². The molecule has 0 spiro atoms. The fourth-order valence-corrected chi connectivity index (χ4v) is 3.30. The monoisotopic (exact) mass is 478 g/mol. The van der Waals surface area contributed by atoms with Crippen molar-refractivity contribution in [2.45, 2.75) is 0 Å². The number of benzene rings is 1. The predicted molar refractivity (Wildman–Crippen MR) is 122 cm³/mol. The Balaban J connectivity index is 0.000000290. The SMILES string of the molecule is Pc1cccc(-[c-]2cccc2)c1-[c-]1cccc1.[Fe].[Fe].c1cc[cH-]c1.c1cc[cH-]c1. The largest absolute Gasteiger partial charge is 0.214 e. The Labute approximate surface area is 197 Å². The molecule has 5 aromatic carbocycles. The van der Waals surface area contributed by atoms with E-state index in [0.29, 0.717) is 0 Å². The van der Waals surface area contributed by atoms with Gasteiger partial charge in [0.1, 0.15) is 0 Å². The standard InChI is InChI=1S/C16H13P.2C5H5.2Fe/c17-15-11-5-10-14(12-6-1-2-7-12)16(15)13-8-3-4-9-13;2*1-2-4-5-3-1;;/h1-11H,17H2;2*1-5H;;/q-2;2*-1;;. The van der Waals surface area contributed by atoms with Crippen LogP contribution in [0.3, 0.4) is 0 Å². The summed E-state index contributed by atoms with van der Waals surface area (Å²) in [5.41, 5.74) is 5.18. The molecule has 0 fully saturated rings. The van der Waals surface area contributed by atoms with Crippen molar-refractivity contribution in [1.82, 2.24) is 0 Å². The van der Waals surface area contributed by atoms with E-state index in [2.05, 4.69) is 76.0 Å². The summed E-state index contributed by atoms with van der Waals surface area (Å²) in [5.74, 6) is 0. The van der Waals surface area contributed by atoms with Crippen LogP contribution in [0.1, 0.15) is 0 Å². The van der Waals surface area contributed by atoms with Crippen molar-refractivity contribution in [3.8, 4) is 22.3 Å². The third-order valence-electron chi connectivity index (χ3n) is 4.13. The van der Waals surface area contributed by atoms with E-state index in [1.165, 1.54) is 27.6 Å². The summed E-state index contributed by atoms with van der Waals surface area (Å²) in [6.45, 7) is 0. The van der Waals surface area contributed by atoms with Crippen molar-refractivity contribution < 1.29 is 34.1 Å². The summed E-state index contributed by atoms with van der Waals surface area (Å²) < 4.78 is 0. The minimum atomic E-state index is 0. The first-order valence-corrected chi connectivity index (χ1v) is 9.60. The molecule has 0 bridgehead atoms. The summed E-state index contributed by atoms with van der Waals surface area (Å²) in [4.78, 5) is 0. The topological polar surface area (TPSA) is 0 Å². The van der Waals surface area contributed by atoms with Gasteiger partial charge in [-0.2, -0.15) is 77.9 Å². The zero-order valence-electron chi connectivity index (χ0n) is 15.9. The maximum Gasteiger partial charge on any atom is 0 e. The summed E-state index contributed by atoms with van der Waals surface area (Å²) in [5, 5.41) is 1.25. The Kier molecular flexibility index (Phi) is 12.2. The van der Waals surface area contributed by atoms with Crippen LogP contribution in [0.2, 0.25) is 0 Å². The first-order valence-electron chi connectivity index (χ1n) is 9.02. The molecule has 5 rings (SSSR count). The van der Waals surface area contributed by atoms with Gasteiger partial charge in [-0.1, -0.05) is 0 Å². The zero-order valence-corrected chi connectivity index (χ0v) is 19.3. The Morgan fingerprint density at radius 3 is 1.41 bits per heavy atom. The van der Waals surface area contributed by atoms with Crippen LogP contribution in [0.4, 0.5) is 0 Å². The smallest absolute Gasteiger partial charge is 0 e. The molecule has 0 N–H and O–H groups in total. The molecule has 0 aliphatic heterocycles. The Morgan fingerprint density at radius 2 is 1.00 bits per heavy atom. The molecular formula is C26H23Fe2P-4. The van der Waals surface area contributed by atoms with Gasteiger partial charge in [0.2, 0.25) is 0 Å². The van der Waals surface area contributed by atoms with E-state index >= 15 is 0 Å². The third kappa shape index (κ3) is 7.79. The summed E-state index contributed by atoms with van der Waals surface area (Å²) in [7, 11) is 2.83. The minimum Gasteiger partial charge on any atom is -0.214 e. The molecular weight excluding hydrogens is 455 g/mol. The molecule has 0 saturated carbocycles. The van der Waals surface area contributed by atoms with Crippen molar-refractivity contribution in [2.75, 3.05) is 0 Å². The van der Waals surface area contributed by atoms with Crippen LogP contribution in [0.15, 0.2) is 127 Å². The first-order chi connectivity index (χ1) is 13.4. The van der Waals surface area contributed by atoms with Gasteiger partial charge < -0.3 is 0 Å². The van der Waals surface area contributed by atoms with E-state index in [9.17, 15) is 0 Å². The van der Waals surface area contributed by atoms with E-state index in [-0.39, 0.29) is 34.1 Å². The van der Waals surface area contributed by atoms with Gasteiger partial charge in [-0.25, -0.2) is 24.3 Å². The average molecular weight is 478 g/mol. The molecule has 0 amide bonds. The Morgan fingerprint density at radius 1 is 0.552 bits per heavy atom. The van der Waals surface area contributed by atoms with Crippen molar-refractivity contribution in [3.05, 3.63) is 127 Å². The van der Waals surface area contributed by atoms with Gasteiger partial charge in [-0.3, -0.25) is 0 Å². The van der Waals surface area contributed by atoms with E-state index in [4.69, 9.17) is 0 Å². The average Bonchev–Trinajstić information content (AvgIpc) is 3.53. The van der Waals surface area contributed by atoms with Gasteiger partial charge in [0.25, 0.3) is 0 Å². The number of hydrogen-bond donors (Lipinski definition) is 0. The molecule has 0 radical (unpaired) electrons. The molecule has 152 valence electrons. The van der Waals surface area contributed by atoms with Gasteiger partial charge in [0.05, 0.1) is 0 Å². The van der Waals surface area contributed by atoms with Gasteiger partial charge >= 0.3 is 0 Å². The molecule has 0 nitrogen and oxygen atoms in total. The van der Waals surface area contributed by atoms with E-state index in [0.717, 1.165) is 0 Å². The molecule has 29 heavy (non-hydrogen) atoms. The number of hydrogen-bond acceptors (Lipinski definition) is 0. The fraction of sp³-hybridized carbons (Fsp3) is 0. The molecule has 0 heterocycles. The third-order valence-corrected chi connectivity index (χ3v) is 4.61.